The molecule has 0 spiro atoms. The Hall–Kier alpha value is -3.30. The number of thioether (sulfide) groups is 1. The molecule has 1 saturated carbocycles. The summed E-state index contributed by atoms with van der Waals surface area (Å²) in [5.41, 5.74) is 2.50. The van der Waals surface area contributed by atoms with E-state index in [2.05, 4.69) is 4.98 Å². The van der Waals surface area contributed by atoms with E-state index >= 15 is 0 Å². The molecule has 2 aromatic carbocycles. The Kier molecular flexibility index (Phi) is 6.55. The van der Waals surface area contributed by atoms with E-state index in [0.29, 0.717) is 20.8 Å². The maximum Gasteiger partial charge on any atom is 0.270 e. The number of nitro benzene ring substituents is 1. The van der Waals surface area contributed by atoms with Crippen molar-refractivity contribution in [3.63, 3.8) is 0 Å². The number of nitro groups is 1. The number of carbonyl (C=O) groups is 1. The highest BCUT2D eigenvalue weighted by molar-refractivity contribution is 8.18. The van der Waals surface area contributed by atoms with Crippen molar-refractivity contribution in [3.8, 4) is 11.3 Å². The lowest BCUT2D eigenvalue weighted by Gasteiger charge is -2.30. The van der Waals surface area contributed by atoms with E-state index in [1.807, 2.05) is 40.6 Å². The van der Waals surface area contributed by atoms with E-state index < -0.39 is 4.92 Å². The van der Waals surface area contributed by atoms with Gasteiger partial charge in [-0.1, -0.05) is 61.7 Å². The third-order valence-corrected chi connectivity index (χ3v) is 7.63. The van der Waals surface area contributed by atoms with Crippen LogP contribution >= 0.6 is 23.1 Å². The quantitative estimate of drug-likeness (QED) is 0.227. The number of hydrogen-bond acceptors (Lipinski definition) is 7. The van der Waals surface area contributed by atoms with Gasteiger partial charge in [-0.05, 0) is 36.2 Å². The Bertz CT molecular complexity index is 1280. The molecular formula is C25H22N4O3S2. The van der Waals surface area contributed by atoms with Crippen LogP contribution < -0.4 is 0 Å². The van der Waals surface area contributed by atoms with Crippen molar-refractivity contribution >= 4 is 51.1 Å². The topological polar surface area (TPSA) is 88.7 Å². The summed E-state index contributed by atoms with van der Waals surface area (Å²) < 4.78 is 0. The number of nitrogens with zero attached hydrogens (tertiary/aromatic N) is 4. The van der Waals surface area contributed by atoms with Crippen molar-refractivity contribution in [1.82, 2.24) is 9.88 Å². The first kappa shape index (κ1) is 22.5. The number of thiazole rings is 1. The zero-order valence-electron chi connectivity index (χ0n) is 18.3. The van der Waals surface area contributed by atoms with Crippen molar-refractivity contribution < 1.29 is 9.72 Å². The number of amidine groups is 1. The van der Waals surface area contributed by atoms with Crippen molar-refractivity contribution in [3.05, 3.63) is 80.6 Å². The number of amides is 1. The number of aliphatic imine (C=N–C) groups is 1. The summed E-state index contributed by atoms with van der Waals surface area (Å²) in [6, 6.07) is 16.4. The first-order valence-corrected chi connectivity index (χ1v) is 12.9. The minimum absolute atomic E-state index is 0.000880. The van der Waals surface area contributed by atoms with Gasteiger partial charge in [0.05, 0.1) is 15.5 Å². The number of rotatable bonds is 5. The summed E-state index contributed by atoms with van der Waals surface area (Å²) in [4.78, 5) is 36.0. The number of carbonyl (C=O) groups excluding carboxylic acids is 1. The van der Waals surface area contributed by atoms with Crippen LogP contribution in [0.25, 0.3) is 17.3 Å². The van der Waals surface area contributed by atoms with Crippen LogP contribution in [0.1, 0.15) is 37.7 Å². The highest BCUT2D eigenvalue weighted by Gasteiger charge is 2.39. The highest BCUT2D eigenvalue weighted by Crippen LogP contribution is 2.39. The lowest BCUT2D eigenvalue weighted by atomic mass is 9.94. The van der Waals surface area contributed by atoms with Gasteiger partial charge < -0.3 is 0 Å². The highest BCUT2D eigenvalue weighted by atomic mass is 32.2. The maximum absolute atomic E-state index is 13.5. The molecule has 2 heterocycles. The van der Waals surface area contributed by atoms with Crippen LogP contribution in [-0.4, -0.2) is 31.9 Å². The predicted molar refractivity (Wildman–Crippen MR) is 137 cm³/mol. The first-order valence-electron chi connectivity index (χ1n) is 11.2. The average molecular weight is 491 g/mol. The van der Waals surface area contributed by atoms with Crippen molar-refractivity contribution in [2.45, 2.75) is 38.1 Å². The zero-order valence-corrected chi connectivity index (χ0v) is 19.9. The predicted octanol–water partition coefficient (Wildman–Crippen LogP) is 6.66. The average Bonchev–Trinajstić information content (AvgIpc) is 3.45. The van der Waals surface area contributed by atoms with E-state index in [1.165, 1.54) is 41.7 Å². The van der Waals surface area contributed by atoms with Gasteiger partial charge in [0.1, 0.15) is 0 Å². The Labute approximate surface area is 205 Å². The van der Waals surface area contributed by atoms with E-state index in [-0.39, 0.29) is 17.6 Å². The van der Waals surface area contributed by atoms with Gasteiger partial charge >= 0.3 is 0 Å². The summed E-state index contributed by atoms with van der Waals surface area (Å²) in [5.74, 6) is -0.0954. The zero-order chi connectivity index (χ0) is 23.5. The van der Waals surface area contributed by atoms with Crippen LogP contribution in [0, 0.1) is 10.1 Å². The molecule has 0 atom stereocenters. The second-order valence-electron chi connectivity index (χ2n) is 8.21. The second-order valence-corrected chi connectivity index (χ2v) is 10.1. The van der Waals surface area contributed by atoms with Gasteiger partial charge in [0.15, 0.2) is 5.17 Å². The molecule has 172 valence electrons. The molecule has 34 heavy (non-hydrogen) atoms. The number of hydrogen-bond donors (Lipinski definition) is 0. The van der Waals surface area contributed by atoms with Gasteiger partial charge in [0, 0.05) is 29.1 Å². The molecule has 0 radical (unpaired) electrons. The van der Waals surface area contributed by atoms with Crippen LogP contribution in [0.3, 0.4) is 0 Å². The van der Waals surface area contributed by atoms with E-state index in [9.17, 15) is 14.9 Å². The molecule has 1 aliphatic carbocycles. The van der Waals surface area contributed by atoms with Gasteiger partial charge in [-0.2, -0.15) is 4.99 Å². The molecule has 5 rings (SSSR count). The first-order chi connectivity index (χ1) is 16.6. The Morgan fingerprint density at radius 1 is 1.09 bits per heavy atom. The Balaban J connectivity index is 1.48. The van der Waals surface area contributed by atoms with Crippen LogP contribution in [0.5, 0.6) is 0 Å². The molecule has 2 fully saturated rings. The molecule has 3 aromatic rings. The van der Waals surface area contributed by atoms with E-state index in [0.717, 1.165) is 36.9 Å². The molecule has 0 bridgehead atoms. The minimum atomic E-state index is -0.431. The third kappa shape index (κ3) is 4.80. The van der Waals surface area contributed by atoms with Crippen LogP contribution in [0.15, 0.2) is 69.9 Å². The lowest BCUT2D eigenvalue weighted by molar-refractivity contribution is -0.384. The SMILES string of the molecule is O=C1/C(=C/c2cccc([N+](=O)[O-])c2)S/C(=N/c2nc(-c3ccccc3)cs2)N1C1CCCCC1. The van der Waals surface area contributed by atoms with Crippen LogP contribution in [-0.2, 0) is 4.79 Å². The molecule has 1 saturated heterocycles. The molecule has 2 aliphatic rings. The van der Waals surface area contributed by atoms with E-state index in [1.54, 1.807) is 18.2 Å². The molecule has 0 N–H and O–H groups in total. The van der Waals surface area contributed by atoms with Gasteiger partial charge in [0.25, 0.3) is 11.6 Å². The molecule has 7 nitrogen and oxygen atoms in total. The molecule has 0 unspecified atom stereocenters. The maximum atomic E-state index is 13.5. The minimum Gasteiger partial charge on any atom is -0.283 e. The number of benzene rings is 2. The number of non-ortho nitro benzene ring substituents is 1. The summed E-state index contributed by atoms with van der Waals surface area (Å²) in [5, 5.41) is 14.4. The Morgan fingerprint density at radius 3 is 2.65 bits per heavy atom. The van der Waals surface area contributed by atoms with Crippen molar-refractivity contribution in [2.24, 2.45) is 4.99 Å². The smallest absolute Gasteiger partial charge is 0.270 e. The molecular weight excluding hydrogens is 468 g/mol. The standard InChI is InChI=1S/C25H22N4O3S2/c30-23-22(15-17-8-7-13-20(14-17)29(31)32)34-25(28(23)19-11-5-2-6-12-19)27-24-26-21(16-33-24)18-9-3-1-4-10-18/h1,3-4,7-10,13-16,19H,2,5-6,11-12H2/b22-15-,27-25+. The second kappa shape index (κ2) is 9.90. The van der Waals surface area contributed by atoms with Crippen molar-refractivity contribution in [2.75, 3.05) is 0 Å². The van der Waals surface area contributed by atoms with Gasteiger partial charge in [0.2, 0.25) is 5.13 Å². The fraction of sp³-hybridized carbons (Fsp3) is 0.240. The monoisotopic (exact) mass is 490 g/mol. The molecule has 1 amide bonds. The van der Waals surface area contributed by atoms with Crippen molar-refractivity contribution in [1.29, 1.82) is 0 Å². The summed E-state index contributed by atoms with van der Waals surface area (Å²) in [6.45, 7) is 0. The van der Waals surface area contributed by atoms with Gasteiger partial charge in [-0.25, -0.2) is 4.98 Å². The Morgan fingerprint density at radius 2 is 1.88 bits per heavy atom. The van der Waals surface area contributed by atoms with Gasteiger partial charge in [-0.3, -0.25) is 19.8 Å². The largest absolute Gasteiger partial charge is 0.283 e. The lowest BCUT2D eigenvalue weighted by Crippen LogP contribution is -2.40. The molecule has 1 aromatic heterocycles. The van der Waals surface area contributed by atoms with Crippen LogP contribution in [0.2, 0.25) is 0 Å². The summed E-state index contributed by atoms with van der Waals surface area (Å²) in [6.07, 6.45) is 6.97. The fourth-order valence-corrected chi connectivity index (χ4v) is 6.04. The molecule has 1 aliphatic heterocycles. The fourth-order valence-electron chi connectivity index (χ4n) is 4.24. The summed E-state index contributed by atoms with van der Waals surface area (Å²) in [7, 11) is 0. The van der Waals surface area contributed by atoms with Crippen LogP contribution in [0.4, 0.5) is 10.8 Å². The number of aromatic nitrogens is 1. The third-order valence-electron chi connectivity index (χ3n) is 5.91. The normalized spacial score (nSPS) is 19.3. The summed E-state index contributed by atoms with van der Waals surface area (Å²) >= 11 is 2.76. The van der Waals surface area contributed by atoms with Gasteiger partial charge in [-0.15, -0.1) is 11.3 Å². The van der Waals surface area contributed by atoms with E-state index in [4.69, 9.17) is 4.99 Å². The molecule has 9 heteroatoms.